The lowest BCUT2D eigenvalue weighted by molar-refractivity contribution is -0.121. The Bertz CT molecular complexity index is 831. The first kappa shape index (κ1) is 22.3. The highest BCUT2D eigenvalue weighted by Gasteiger charge is 2.26. The Labute approximate surface area is 182 Å². The van der Waals surface area contributed by atoms with Crippen molar-refractivity contribution in [3.05, 3.63) is 57.8 Å². The van der Waals surface area contributed by atoms with Crippen LogP contribution in [0.5, 0.6) is 0 Å². The van der Waals surface area contributed by atoms with Crippen molar-refractivity contribution < 1.29 is 9.59 Å². The Morgan fingerprint density at radius 3 is 2.57 bits per heavy atom. The molecule has 0 bridgehead atoms. The van der Waals surface area contributed by atoms with Gasteiger partial charge in [-0.25, -0.2) is 4.79 Å². The van der Waals surface area contributed by atoms with Crippen molar-refractivity contribution in [3.63, 3.8) is 0 Å². The third kappa shape index (κ3) is 6.06. The first-order chi connectivity index (χ1) is 14.4. The van der Waals surface area contributed by atoms with Crippen LogP contribution in [-0.4, -0.2) is 36.5 Å². The Kier molecular flexibility index (Phi) is 7.87. The Balaban J connectivity index is 1.65. The van der Waals surface area contributed by atoms with Crippen molar-refractivity contribution in [3.8, 4) is 0 Å². The van der Waals surface area contributed by atoms with E-state index in [0.29, 0.717) is 6.54 Å². The molecule has 3 amide bonds. The minimum absolute atomic E-state index is 0.0936. The summed E-state index contributed by atoms with van der Waals surface area (Å²) in [5, 5.41) is 7.91. The van der Waals surface area contributed by atoms with E-state index in [1.54, 1.807) is 11.3 Å². The smallest absolute Gasteiger partial charge is 0.312 e. The second-order valence-electron chi connectivity index (χ2n) is 8.18. The normalized spacial score (nSPS) is 17.3. The van der Waals surface area contributed by atoms with Gasteiger partial charge in [0.2, 0.25) is 5.91 Å². The third-order valence-electron chi connectivity index (χ3n) is 5.89. The summed E-state index contributed by atoms with van der Waals surface area (Å²) in [6.45, 7) is 6.93. The molecule has 0 saturated carbocycles. The Morgan fingerprint density at radius 2 is 1.93 bits per heavy atom. The summed E-state index contributed by atoms with van der Waals surface area (Å²) in [4.78, 5) is 28.1. The molecule has 1 saturated heterocycles. The van der Waals surface area contributed by atoms with Gasteiger partial charge in [0.15, 0.2) is 0 Å². The second kappa shape index (κ2) is 10.6. The van der Waals surface area contributed by atoms with Crippen LogP contribution in [0, 0.1) is 12.8 Å². The van der Waals surface area contributed by atoms with Crippen molar-refractivity contribution in [1.82, 2.24) is 15.5 Å². The number of nitrogens with one attached hydrogen (secondary N) is 2. The molecule has 1 aromatic heterocycles. The van der Waals surface area contributed by atoms with Gasteiger partial charge >= 0.3 is 6.03 Å². The van der Waals surface area contributed by atoms with Gasteiger partial charge in [-0.1, -0.05) is 37.3 Å². The number of likely N-dealkylation sites (tertiary alicyclic amines) is 1. The standard InChI is InChI=1S/C23H32N4O2S/c1-16-9-11-27(12-10-16)20(21-8-5-13-30-21)15-25-22(28)14-19(26-23(24)29)18-7-4-3-6-17(18)2/h3-8,13,16,19-20H,9-12,14-15H2,1-2H3,(H,25,28)(H3,24,26,29)/t19-,20+/m0/s1. The molecule has 1 fully saturated rings. The number of carbonyl (C=O) groups is 2. The number of hydrogen-bond donors (Lipinski definition) is 3. The average molecular weight is 429 g/mol. The molecule has 0 spiro atoms. The van der Waals surface area contributed by atoms with Gasteiger partial charge in [0.05, 0.1) is 18.5 Å². The van der Waals surface area contributed by atoms with Gasteiger partial charge in [-0.3, -0.25) is 9.69 Å². The molecule has 0 radical (unpaired) electrons. The zero-order chi connectivity index (χ0) is 21.5. The highest BCUT2D eigenvalue weighted by molar-refractivity contribution is 7.10. The molecule has 2 aromatic rings. The number of aryl methyl sites for hydroxylation is 1. The first-order valence-electron chi connectivity index (χ1n) is 10.6. The fraction of sp³-hybridized carbons (Fsp3) is 0.478. The summed E-state index contributed by atoms with van der Waals surface area (Å²) in [6.07, 6.45) is 2.53. The number of hydrogen-bond acceptors (Lipinski definition) is 4. The number of thiophene rings is 1. The van der Waals surface area contributed by atoms with Gasteiger partial charge in [0, 0.05) is 11.4 Å². The maximum atomic E-state index is 12.8. The number of rotatable bonds is 8. The van der Waals surface area contributed by atoms with Crippen molar-refractivity contribution in [1.29, 1.82) is 0 Å². The number of carbonyl (C=O) groups excluding carboxylic acids is 2. The summed E-state index contributed by atoms with van der Waals surface area (Å²) in [5.74, 6) is 0.665. The summed E-state index contributed by atoms with van der Waals surface area (Å²) in [7, 11) is 0. The molecule has 7 heteroatoms. The number of amides is 3. The van der Waals surface area contributed by atoms with Crippen molar-refractivity contribution in [2.45, 2.75) is 45.2 Å². The number of urea groups is 1. The highest BCUT2D eigenvalue weighted by Crippen LogP contribution is 2.29. The lowest BCUT2D eigenvalue weighted by Gasteiger charge is -2.36. The van der Waals surface area contributed by atoms with Crippen molar-refractivity contribution in [2.75, 3.05) is 19.6 Å². The Morgan fingerprint density at radius 1 is 1.20 bits per heavy atom. The molecule has 30 heavy (non-hydrogen) atoms. The quantitative estimate of drug-likeness (QED) is 0.598. The van der Waals surface area contributed by atoms with Gasteiger partial charge in [0.1, 0.15) is 0 Å². The molecular weight excluding hydrogens is 396 g/mol. The topological polar surface area (TPSA) is 87.5 Å². The summed E-state index contributed by atoms with van der Waals surface area (Å²) < 4.78 is 0. The number of nitrogens with two attached hydrogens (primary N) is 1. The van der Waals surface area contributed by atoms with Crippen molar-refractivity contribution >= 4 is 23.3 Å². The largest absolute Gasteiger partial charge is 0.354 e. The maximum absolute atomic E-state index is 12.8. The van der Waals surface area contributed by atoms with E-state index < -0.39 is 12.1 Å². The molecule has 1 aliphatic heterocycles. The highest BCUT2D eigenvalue weighted by atomic mass is 32.1. The van der Waals surface area contributed by atoms with Gasteiger partial charge in [-0.15, -0.1) is 11.3 Å². The zero-order valence-corrected chi connectivity index (χ0v) is 18.6. The van der Waals surface area contributed by atoms with E-state index in [1.807, 2.05) is 31.2 Å². The number of benzene rings is 1. The predicted octanol–water partition coefficient (Wildman–Crippen LogP) is 3.75. The second-order valence-corrected chi connectivity index (χ2v) is 9.15. The van der Waals surface area contributed by atoms with Crippen LogP contribution in [-0.2, 0) is 4.79 Å². The van der Waals surface area contributed by atoms with Gasteiger partial charge in [0.25, 0.3) is 0 Å². The van der Waals surface area contributed by atoms with Crippen molar-refractivity contribution in [2.24, 2.45) is 11.7 Å². The van der Waals surface area contributed by atoms with Gasteiger partial charge in [-0.05, 0) is 61.3 Å². The third-order valence-corrected chi connectivity index (χ3v) is 6.87. The summed E-state index contributed by atoms with van der Waals surface area (Å²) >= 11 is 1.73. The lowest BCUT2D eigenvalue weighted by Crippen LogP contribution is -2.42. The van der Waals surface area contributed by atoms with Crippen LogP contribution in [0.1, 0.15) is 54.3 Å². The summed E-state index contributed by atoms with van der Waals surface area (Å²) in [5.41, 5.74) is 7.29. The molecule has 162 valence electrons. The number of piperidine rings is 1. The van der Waals surface area contributed by atoms with Crippen LogP contribution in [0.2, 0.25) is 0 Å². The van der Waals surface area contributed by atoms with Gasteiger partial charge < -0.3 is 16.4 Å². The monoisotopic (exact) mass is 428 g/mol. The molecule has 0 unspecified atom stereocenters. The molecule has 0 aliphatic carbocycles. The molecule has 6 nitrogen and oxygen atoms in total. The van der Waals surface area contributed by atoms with E-state index in [1.165, 1.54) is 17.7 Å². The van der Waals surface area contributed by atoms with Crippen LogP contribution >= 0.6 is 11.3 Å². The van der Waals surface area contributed by atoms with Crippen LogP contribution in [0.3, 0.4) is 0 Å². The van der Waals surface area contributed by atoms with E-state index >= 15 is 0 Å². The van der Waals surface area contributed by atoms with Gasteiger partial charge in [-0.2, -0.15) is 0 Å². The Hall–Kier alpha value is -2.38. The molecule has 4 N–H and O–H groups in total. The maximum Gasteiger partial charge on any atom is 0.312 e. The van der Waals surface area contributed by atoms with E-state index in [4.69, 9.17) is 5.73 Å². The predicted molar refractivity (Wildman–Crippen MR) is 121 cm³/mol. The SMILES string of the molecule is Cc1ccccc1[C@H](CC(=O)NC[C@H](c1cccs1)N1CCC(C)CC1)NC(N)=O. The molecule has 1 aliphatic rings. The average Bonchev–Trinajstić information content (AvgIpc) is 3.23. The summed E-state index contributed by atoms with van der Waals surface area (Å²) in [6, 6.07) is 11.0. The first-order valence-corrected chi connectivity index (χ1v) is 11.5. The molecule has 3 rings (SSSR count). The van der Waals surface area contributed by atoms with E-state index in [2.05, 4.69) is 40.0 Å². The van der Waals surface area contributed by atoms with E-state index in [0.717, 1.165) is 30.1 Å². The van der Waals surface area contributed by atoms with E-state index in [9.17, 15) is 9.59 Å². The molecule has 1 aromatic carbocycles. The molecular formula is C23H32N4O2S. The van der Waals surface area contributed by atoms with Crippen LogP contribution in [0.4, 0.5) is 4.79 Å². The lowest BCUT2D eigenvalue weighted by atomic mass is 9.97. The fourth-order valence-corrected chi connectivity index (χ4v) is 4.95. The molecule has 2 heterocycles. The number of nitrogens with zero attached hydrogens (tertiary/aromatic N) is 1. The van der Waals surface area contributed by atoms with Crippen LogP contribution in [0.25, 0.3) is 0 Å². The zero-order valence-electron chi connectivity index (χ0n) is 17.8. The molecule has 2 atom stereocenters. The van der Waals surface area contributed by atoms with Crippen LogP contribution < -0.4 is 16.4 Å². The van der Waals surface area contributed by atoms with Crippen LogP contribution in [0.15, 0.2) is 41.8 Å². The van der Waals surface area contributed by atoms with E-state index in [-0.39, 0.29) is 18.4 Å². The number of primary amides is 1. The fourth-order valence-electron chi connectivity index (χ4n) is 4.09. The minimum atomic E-state index is -0.630. The minimum Gasteiger partial charge on any atom is -0.354 e.